The number of thiazole rings is 1. The van der Waals surface area contributed by atoms with E-state index in [4.69, 9.17) is 4.74 Å². The minimum Gasteiger partial charge on any atom is -0.375 e. The molecule has 23 heavy (non-hydrogen) atoms. The van der Waals surface area contributed by atoms with Crippen LogP contribution in [-0.2, 0) is 11.3 Å². The molecular weight excluding hydrogens is 314 g/mol. The topological polar surface area (TPSA) is 73.1 Å². The van der Waals surface area contributed by atoms with E-state index in [0.29, 0.717) is 19.8 Å². The first-order chi connectivity index (χ1) is 11.1. The van der Waals surface area contributed by atoms with Crippen molar-refractivity contribution in [1.82, 2.24) is 24.9 Å². The predicted molar refractivity (Wildman–Crippen MR) is 86.5 cm³/mol. The van der Waals surface area contributed by atoms with Crippen LogP contribution < -0.4 is 0 Å². The van der Waals surface area contributed by atoms with Crippen LogP contribution in [0.25, 0.3) is 0 Å². The fraction of sp³-hybridized carbons (Fsp3) is 0.600. The monoisotopic (exact) mass is 335 g/mol. The van der Waals surface area contributed by atoms with Crippen molar-refractivity contribution in [2.75, 3.05) is 19.7 Å². The van der Waals surface area contributed by atoms with Gasteiger partial charge in [0.25, 0.3) is 5.91 Å². The molecule has 2 aromatic rings. The predicted octanol–water partition coefficient (Wildman–Crippen LogP) is 1.98. The molecule has 7 nitrogen and oxygen atoms in total. The van der Waals surface area contributed by atoms with Crippen molar-refractivity contribution in [2.45, 2.75) is 39.8 Å². The SMILES string of the molecule is CCOCc1cn(C2CCN(C(=O)c3sc(C)nc3C)C2)nn1. The van der Waals surface area contributed by atoms with Crippen LogP contribution in [0.5, 0.6) is 0 Å². The molecular formula is C15H21N5O2S. The van der Waals surface area contributed by atoms with Crippen molar-refractivity contribution < 1.29 is 9.53 Å². The van der Waals surface area contributed by atoms with Gasteiger partial charge in [0.2, 0.25) is 0 Å². The van der Waals surface area contributed by atoms with Gasteiger partial charge in [-0.3, -0.25) is 4.79 Å². The summed E-state index contributed by atoms with van der Waals surface area (Å²) in [6, 6.07) is 0.177. The van der Waals surface area contributed by atoms with Gasteiger partial charge in [-0.25, -0.2) is 9.67 Å². The maximum absolute atomic E-state index is 12.6. The highest BCUT2D eigenvalue weighted by molar-refractivity contribution is 7.13. The minimum absolute atomic E-state index is 0.0743. The molecule has 0 saturated carbocycles. The van der Waals surface area contributed by atoms with E-state index in [2.05, 4.69) is 15.3 Å². The van der Waals surface area contributed by atoms with E-state index in [9.17, 15) is 4.79 Å². The second kappa shape index (κ2) is 6.76. The lowest BCUT2D eigenvalue weighted by molar-refractivity contribution is 0.0790. The van der Waals surface area contributed by atoms with Crippen LogP contribution in [0.15, 0.2) is 6.20 Å². The second-order valence-electron chi connectivity index (χ2n) is 5.67. The van der Waals surface area contributed by atoms with E-state index in [0.717, 1.165) is 34.2 Å². The number of rotatable bonds is 5. The first kappa shape index (κ1) is 16.1. The Morgan fingerprint density at radius 1 is 1.48 bits per heavy atom. The van der Waals surface area contributed by atoms with Gasteiger partial charge in [0.15, 0.2) is 0 Å². The number of nitrogens with zero attached hydrogens (tertiary/aromatic N) is 5. The molecule has 0 spiro atoms. The number of carbonyl (C=O) groups excluding carboxylic acids is 1. The average molecular weight is 335 g/mol. The summed E-state index contributed by atoms with van der Waals surface area (Å²) in [5, 5.41) is 9.23. The van der Waals surface area contributed by atoms with Crippen molar-refractivity contribution in [2.24, 2.45) is 0 Å². The molecule has 0 radical (unpaired) electrons. The molecule has 1 saturated heterocycles. The Balaban J connectivity index is 1.65. The molecule has 8 heteroatoms. The zero-order valence-corrected chi connectivity index (χ0v) is 14.5. The van der Waals surface area contributed by atoms with Crippen LogP contribution in [0.4, 0.5) is 0 Å². The number of hydrogen-bond donors (Lipinski definition) is 0. The summed E-state index contributed by atoms with van der Waals surface area (Å²) in [6.07, 6.45) is 2.80. The number of likely N-dealkylation sites (tertiary alicyclic amines) is 1. The van der Waals surface area contributed by atoms with Gasteiger partial charge in [-0.1, -0.05) is 5.21 Å². The lowest BCUT2D eigenvalue weighted by Gasteiger charge is -2.15. The molecule has 1 amide bonds. The highest BCUT2D eigenvalue weighted by Gasteiger charge is 2.30. The molecule has 1 aliphatic rings. The number of amides is 1. The molecule has 1 atom stereocenters. The summed E-state index contributed by atoms with van der Waals surface area (Å²) in [5.41, 5.74) is 1.64. The summed E-state index contributed by atoms with van der Waals surface area (Å²) in [4.78, 5) is 19.6. The van der Waals surface area contributed by atoms with Gasteiger partial charge >= 0.3 is 0 Å². The summed E-state index contributed by atoms with van der Waals surface area (Å²) in [7, 11) is 0. The van der Waals surface area contributed by atoms with E-state index >= 15 is 0 Å². The number of carbonyl (C=O) groups is 1. The van der Waals surface area contributed by atoms with Crippen molar-refractivity contribution in [3.05, 3.63) is 27.5 Å². The minimum atomic E-state index is 0.0743. The molecule has 0 N–H and O–H groups in total. The number of aryl methyl sites for hydroxylation is 2. The Bertz CT molecular complexity index is 696. The zero-order chi connectivity index (χ0) is 16.4. The van der Waals surface area contributed by atoms with Crippen LogP contribution in [0.1, 0.15) is 45.5 Å². The van der Waals surface area contributed by atoms with E-state index in [1.165, 1.54) is 11.3 Å². The van der Waals surface area contributed by atoms with Gasteiger partial charge in [0.1, 0.15) is 10.6 Å². The Labute approximate surface area is 139 Å². The fourth-order valence-electron chi connectivity index (χ4n) is 2.78. The summed E-state index contributed by atoms with van der Waals surface area (Å²) in [5.74, 6) is 0.0743. The lowest BCUT2D eigenvalue weighted by Crippen LogP contribution is -2.29. The third-order valence-electron chi connectivity index (χ3n) is 3.93. The Kier molecular flexibility index (Phi) is 4.72. The van der Waals surface area contributed by atoms with E-state index in [-0.39, 0.29) is 11.9 Å². The normalized spacial score (nSPS) is 17.9. The number of ether oxygens (including phenoxy) is 1. The van der Waals surface area contributed by atoms with Crippen LogP contribution in [0.3, 0.4) is 0 Å². The van der Waals surface area contributed by atoms with Crippen molar-refractivity contribution in [1.29, 1.82) is 0 Å². The highest BCUT2D eigenvalue weighted by Crippen LogP contribution is 2.26. The van der Waals surface area contributed by atoms with Crippen molar-refractivity contribution >= 4 is 17.2 Å². The van der Waals surface area contributed by atoms with E-state index in [1.807, 2.05) is 36.5 Å². The molecule has 1 unspecified atom stereocenters. The third kappa shape index (κ3) is 3.42. The van der Waals surface area contributed by atoms with Gasteiger partial charge in [0, 0.05) is 19.7 Å². The first-order valence-electron chi connectivity index (χ1n) is 7.80. The molecule has 2 aromatic heterocycles. The second-order valence-corrected chi connectivity index (χ2v) is 6.87. The molecule has 1 aliphatic heterocycles. The maximum Gasteiger partial charge on any atom is 0.265 e. The van der Waals surface area contributed by atoms with Crippen LogP contribution in [0.2, 0.25) is 0 Å². The van der Waals surface area contributed by atoms with Crippen molar-refractivity contribution in [3.63, 3.8) is 0 Å². The molecule has 0 aromatic carbocycles. The number of aromatic nitrogens is 4. The molecule has 0 bridgehead atoms. The maximum atomic E-state index is 12.6. The Hall–Kier alpha value is -1.80. The third-order valence-corrected chi connectivity index (χ3v) is 5.00. The standard InChI is InChI=1S/C15H21N5O2S/c1-4-22-9-12-7-20(18-17-12)13-5-6-19(8-13)15(21)14-10(2)16-11(3)23-14/h7,13H,4-6,8-9H2,1-3H3. The van der Waals surface area contributed by atoms with Crippen LogP contribution in [-0.4, -0.2) is 50.5 Å². The van der Waals surface area contributed by atoms with Gasteiger partial charge in [-0.05, 0) is 27.2 Å². The fourth-order valence-corrected chi connectivity index (χ4v) is 3.67. The van der Waals surface area contributed by atoms with E-state index in [1.54, 1.807) is 0 Å². The molecule has 3 heterocycles. The molecule has 124 valence electrons. The molecule has 3 rings (SSSR count). The Morgan fingerprint density at radius 2 is 2.30 bits per heavy atom. The quantitative estimate of drug-likeness (QED) is 0.835. The van der Waals surface area contributed by atoms with Crippen LogP contribution in [0, 0.1) is 13.8 Å². The summed E-state index contributed by atoms with van der Waals surface area (Å²) >= 11 is 1.47. The smallest absolute Gasteiger partial charge is 0.265 e. The number of hydrogen-bond acceptors (Lipinski definition) is 6. The zero-order valence-electron chi connectivity index (χ0n) is 13.7. The van der Waals surface area contributed by atoms with E-state index < -0.39 is 0 Å². The first-order valence-corrected chi connectivity index (χ1v) is 8.62. The van der Waals surface area contributed by atoms with Crippen molar-refractivity contribution in [3.8, 4) is 0 Å². The Morgan fingerprint density at radius 3 is 3.00 bits per heavy atom. The molecule has 0 aliphatic carbocycles. The molecule has 1 fully saturated rings. The summed E-state index contributed by atoms with van der Waals surface area (Å²) < 4.78 is 7.20. The summed E-state index contributed by atoms with van der Waals surface area (Å²) in [6.45, 7) is 8.30. The van der Waals surface area contributed by atoms with Crippen LogP contribution >= 0.6 is 11.3 Å². The van der Waals surface area contributed by atoms with Gasteiger partial charge < -0.3 is 9.64 Å². The van der Waals surface area contributed by atoms with Gasteiger partial charge in [0.05, 0.1) is 29.5 Å². The average Bonchev–Trinajstić information content (AvgIpc) is 3.23. The highest BCUT2D eigenvalue weighted by atomic mass is 32.1. The largest absolute Gasteiger partial charge is 0.375 e. The lowest BCUT2D eigenvalue weighted by atomic mass is 10.3. The van der Waals surface area contributed by atoms with Gasteiger partial charge in [-0.2, -0.15) is 0 Å². The van der Waals surface area contributed by atoms with Gasteiger partial charge in [-0.15, -0.1) is 16.4 Å².